The first-order valence-electron chi connectivity index (χ1n) is 6.11. The maximum atomic E-state index is 11.4. The molecule has 0 aromatic heterocycles. The van der Waals surface area contributed by atoms with Gasteiger partial charge in [0, 0.05) is 0 Å². The first kappa shape index (κ1) is 14.6. The quantitative estimate of drug-likeness (QED) is 0.808. The average Bonchev–Trinajstić information content (AvgIpc) is 2.94. The topological polar surface area (TPSA) is 92.3 Å². The lowest BCUT2D eigenvalue weighted by Crippen LogP contribution is -2.17. The van der Waals surface area contributed by atoms with Crippen LogP contribution in [0, 0.1) is 0 Å². The van der Waals surface area contributed by atoms with Gasteiger partial charge in [-0.1, -0.05) is 24.3 Å². The van der Waals surface area contributed by atoms with E-state index in [1.807, 2.05) is 0 Å². The zero-order valence-electron chi connectivity index (χ0n) is 10.9. The Morgan fingerprint density at radius 3 is 1.32 bits per heavy atom. The molecule has 0 unspecified atom stereocenters. The normalized spacial score (nSPS) is 21.6. The van der Waals surface area contributed by atoms with Gasteiger partial charge in [0.15, 0.2) is 0 Å². The number of nitrogens with one attached hydrogen (secondary N) is 2. The number of imide groups is 2. The Hall–Kier alpha value is -2.32. The van der Waals surface area contributed by atoms with Crippen molar-refractivity contribution in [2.75, 3.05) is 0 Å². The fourth-order valence-electron chi connectivity index (χ4n) is 1.83. The summed E-state index contributed by atoms with van der Waals surface area (Å²) in [7, 11) is 0. The molecule has 0 saturated carbocycles. The van der Waals surface area contributed by atoms with Gasteiger partial charge in [-0.05, 0) is 46.8 Å². The number of benzene rings is 1. The van der Waals surface area contributed by atoms with E-state index in [1.54, 1.807) is 36.4 Å². The first-order valence-corrected chi connectivity index (χ1v) is 7.74. The number of hydrogen-bond acceptors (Lipinski definition) is 6. The van der Waals surface area contributed by atoms with Crippen LogP contribution in [0.2, 0.25) is 0 Å². The maximum absolute atomic E-state index is 11.4. The molecule has 1 aromatic carbocycles. The van der Waals surface area contributed by atoms with Crippen molar-refractivity contribution in [2.24, 2.45) is 0 Å². The Morgan fingerprint density at radius 1 is 0.682 bits per heavy atom. The molecule has 22 heavy (non-hydrogen) atoms. The van der Waals surface area contributed by atoms with E-state index in [9.17, 15) is 19.2 Å². The number of rotatable bonds is 2. The number of thioether (sulfide) groups is 2. The van der Waals surface area contributed by atoms with Crippen molar-refractivity contribution in [3.8, 4) is 0 Å². The summed E-state index contributed by atoms with van der Waals surface area (Å²) >= 11 is 1.71. The van der Waals surface area contributed by atoms with E-state index in [2.05, 4.69) is 10.6 Å². The van der Waals surface area contributed by atoms with Gasteiger partial charge in [-0.3, -0.25) is 29.8 Å². The van der Waals surface area contributed by atoms with Crippen LogP contribution in [0.5, 0.6) is 0 Å². The van der Waals surface area contributed by atoms with Crippen molar-refractivity contribution in [1.82, 2.24) is 10.6 Å². The predicted molar refractivity (Wildman–Crippen MR) is 84.7 cm³/mol. The van der Waals surface area contributed by atoms with Gasteiger partial charge >= 0.3 is 0 Å². The molecule has 6 nitrogen and oxygen atoms in total. The highest BCUT2D eigenvalue weighted by Crippen LogP contribution is 2.27. The molecular weight excluding hydrogens is 324 g/mol. The lowest BCUT2D eigenvalue weighted by molar-refractivity contribution is -0.116. The molecular formula is C14H8N2O4S2. The summed E-state index contributed by atoms with van der Waals surface area (Å²) in [5.74, 6) is -0.808. The van der Waals surface area contributed by atoms with E-state index in [4.69, 9.17) is 0 Å². The monoisotopic (exact) mass is 332 g/mol. The minimum atomic E-state index is -0.404. The SMILES string of the molecule is O=C1NC(=O)/C(=C/c2ccc(/C=C3/SC(=O)NC3=O)cc2)S1. The second-order valence-corrected chi connectivity index (χ2v) is 6.40. The minimum absolute atomic E-state index is 0.340. The smallest absolute Gasteiger partial charge is 0.282 e. The third kappa shape index (κ3) is 3.12. The molecule has 2 N–H and O–H groups in total. The second-order valence-electron chi connectivity index (χ2n) is 4.37. The highest BCUT2D eigenvalue weighted by molar-refractivity contribution is 8.18. The highest BCUT2D eigenvalue weighted by Gasteiger charge is 2.25. The van der Waals surface area contributed by atoms with E-state index < -0.39 is 11.8 Å². The van der Waals surface area contributed by atoms with Crippen molar-refractivity contribution >= 4 is 58.0 Å². The molecule has 1 aromatic rings. The van der Waals surface area contributed by atoms with E-state index in [0.717, 1.165) is 34.7 Å². The van der Waals surface area contributed by atoms with Crippen molar-refractivity contribution < 1.29 is 19.2 Å². The van der Waals surface area contributed by atoms with Crippen molar-refractivity contribution in [3.63, 3.8) is 0 Å². The van der Waals surface area contributed by atoms with Crippen LogP contribution in [0.3, 0.4) is 0 Å². The van der Waals surface area contributed by atoms with Crippen LogP contribution in [0.25, 0.3) is 12.2 Å². The molecule has 2 aliphatic heterocycles. The molecule has 110 valence electrons. The fourth-order valence-corrected chi connectivity index (χ4v) is 3.20. The number of amides is 4. The van der Waals surface area contributed by atoms with Gasteiger partial charge in [0.2, 0.25) is 0 Å². The number of carbonyl (C=O) groups is 4. The largest absolute Gasteiger partial charge is 0.290 e. The zero-order valence-corrected chi connectivity index (χ0v) is 12.5. The molecule has 2 saturated heterocycles. The molecule has 2 fully saturated rings. The zero-order chi connectivity index (χ0) is 15.7. The van der Waals surface area contributed by atoms with Crippen LogP contribution < -0.4 is 10.6 Å². The van der Waals surface area contributed by atoms with Gasteiger partial charge in [-0.15, -0.1) is 0 Å². The predicted octanol–water partition coefficient (Wildman–Crippen LogP) is 2.33. The standard InChI is InChI=1S/C14H8N2O4S2/c17-11-9(21-13(19)15-11)5-7-1-2-8(4-3-7)6-10-12(18)16-14(20)22-10/h1-6H,(H,15,17,19)(H,16,18,20)/b9-5-,10-6+. The van der Waals surface area contributed by atoms with E-state index >= 15 is 0 Å². The van der Waals surface area contributed by atoms with E-state index in [0.29, 0.717) is 9.81 Å². The molecule has 8 heteroatoms. The van der Waals surface area contributed by atoms with E-state index in [1.165, 1.54) is 0 Å². The second kappa shape index (κ2) is 5.82. The third-order valence-electron chi connectivity index (χ3n) is 2.82. The maximum Gasteiger partial charge on any atom is 0.290 e. The summed E-state index contributed by atoms with van der Waals surface area (Å²) in [6.45, 7) is 0. The Bertz CT molecular complexity index is 701. The molecule has 0 aliphatic carbocycles. The van der Waals surface area contributed by atoms with Gasteiger partial charge in [0.25, 0.3) is 22.3 Å². The molecule has 0 bridgehead atoms. The molecule has 0 spiro atoms. The van der Waals surface area contributed by atoms with Crippen LogP contribution in [-0.4, -0.2) is 22.3 Å². The minimum Gasteiger partial charge on any atom is -0.282 e. The number of hydrogen-bond donors (Lipinski definition) is 2. The summed E-state index contributed by atoms with van der Waals surface area (Å²) in [4.78, 5) is 45.7. The molecule has 0 radical (unpaired) electrons. The molecule has 0 atom stereocenters. The summed E-state index contributed by atoms with van der Waals surface area (Å²) in [5.41, 5.74) is 1.52. The Kier molecular flexibility index (Phi) is 3.86. The molecule has 2 heterocycles. The first-order chi connectivity index (χ1) is 10.5. The van der Waals surface area contributed by atoms with Gasteiger partial charge in [-0.2, -0.15) is 0 Å². The Morgan fingerprint density at radius 2 is 1.05 bits per heavy atom. The summed E-state index contributed by atoms with van der Waals surface area (Å²) in [6, 6.07) is 7.04. The van der Waals surface area contributed by atoms with Crippen LogP contribution in [-0.2, 0) is 9.59 Å². The van der Waals surface area contributed by atoms with Gasteiger partial charge in [-0.25, -0.2) is 0 Å². The van der Waals surface area contributed by atoms with Crippen molar-refractivity contribution in [2.45, 2.75) is 0 Å². The summed E-state index contributed by atoms with van der Waals surface area (Å²) in [5, 5.41) is 3.60. The lowest BCUT2D eigenvalue weighted by atomic mass is 10.1. The Labute approximate surface area is 133 Å². The van der Waals surface area contributed by atoms with Crippen LogP contribution in [0.15, 0.2) is 34.1 Å². The van der Waals surface area contributed by atoms with Crippen LogP contribution in [0.4, 0.5) is 9.59 Å². The van der Waals surface area contributed by atoms with E-state index in [-0.39, 0.29) is 10.5 Å². The highest BCUT2D eigenvalue weighted by atomic mass is 32.2. The van der Waals surface area contributed by atoms with Crippen molar-refractivity contribution in [3.05, 3.63) is 45.2 Å². The average molecular weight is 332 g/mol. The third-order valence-corrected chi connectivity index (χ3v) is 4.44. The van der Waals surface area contributed by atoms with Gasteiger partial charge in [0.1, 0.15) is 0 Å². The lowest BCUT2D eigenvalue weighted by Gasteiger charge is -1.98. The molecule has 3 rings (SSSR count). The molecule has 4 amide bonds. The fraction of sp³-hybridized carbons (Fsp3) is 0. The summed E-state index contributed by atoms with van der Waals surface area (Å²) in [6.07, 6.45) is 3.23. The number of carbonyl (C=O) groups excluding carboxylic acids is 4. The Balaban J connectivity index is 1.79. The van der Waals surface area contributed by atoms with Gasteiger partial charge < -0.3 is 0 Å². The van der Waals surface area contributed by atoms with Crippen molar-refractivity contribution in [1.29, 1.82) is 0 Å². The van der Waals surface area contributed by atoms with Crippen LogP contribution >= 0.6 is 23.5 Å². The van der Waals surface area contributed by atoms with Gasteiger partial charge in [0.05, 0.1) is 9.81 Å². The molecule has 2 aliphatic rings. The van der Waals surface area contributed by atoms with Crippen LogP contribution in [0.1, 0.15) is 11.1 Å². The summed E-state index contributed by atoms with van der Waals surface area (Å²) < 4.78 is 0.